The fraction of sp³-hybridized carbons (Fsp3) is 0.231. The summed E-state index contributed by atoms with van der Waals surface area (Å²) in [5.41, 5.74) is 6.82. The summed E-state index contributed by atoms with van der Waals surface area (Å²) in [6.07, 6.45) is 3.14. The lowest BCUT2D eigenvalue weighted by molar-refractivity contribution is 0.376. The van der Waals surface area contributed by atoms with E-state index in [0.717, 1.165) is 10.0 Å². The summed E-state index contributed by atoms with van der Waals surface area (Å²) in [4.78, 5) is 8.40. The number of hydrogen-bond acceptors (Lipinski definition) is 4. The summed E-state index contributed by atoms with van der Waals surface area (Å²) in [6, 6.07) is 5.54. The van der Waals surface area contributed by atoms with Gasteiger partial charge in [0.2, 0.25) is 5.88 Å². The predicted molar refractivity (Wildman–Crippen MR) is 78.4 cm³/mol. The van der Waals surface area contributed by atoms with Crippen LogP contribution in [-0.4, -0.2) is 17.1 Å². The monoisotopic (exact) mass is 341 g/mol. The fourth-order valence-corrected chi connectivity index (χ4v) is 2.74. The van der Waals surface area contributed by atoms with Crippen LogP contribution in [0.5, 0.6) is 5.88 Å². The van der Waals surface area contributed by atoms with Gasteiger partial charge in [-0.25, -0.2) is 4.98 Å². The zero-order valence-corrected chi connectivity index (χ0v) is 12.9. The second-order valence-corrected chi connectivity index (χ2v) is 5.56. The van der Waals surface area contributed by atoms with Crippen LogP contribution < -0.4 is 10.5 Å². The summed E-state index contributed by atoms with van der Waals surface area (Å²) < 4.78 is 6.10. The summed E-state index contributed by atoms with van der Waals surface area (Å²) in [7, 11) is 1.53. The molecule has 0 saturated heterocycles. The molecule has 0 spiro atoms. The highest BCUT2D eigenvalue weighted by molar-refractivity contribution is 9.10. The van der Waals surface area contributed by atoms with Gasteiger partial charge in [-0.05, 0) is 24.6 Å². The third kappa shape index (κ3) is 2.73. The maximum atomic E-state index is 6.40. The van der Waals surface area contributed by atoms with Crippen LogP contribution in [0, 0.1) is 0 Å². The Morgan fingerprint density at radius 1 is 1.32 bits per heavy atom. The van der Waals surface area contributed by atoms with Gasteiger partial charge in [-0.3, -0.25) is 4.98 Å². The van der Waals surface area contributed by atoms with Crippen molar-refractivity contribution >= 4 is 27.5 Å². The van der Waals surface area contributed by atoms with Crippen molar-refractivity contribution in [2.75, 3.05) is 7.11 Å². The maximum Gasteiger partial charge on any atom is 0.237 e. The molecule has 2 N–H and O–H groups in total. The number of nitrogens with zero attached hydrogens (tertiary/aromatic N) is 2. The number of methoxy groups -OCH3 is 1. The average Bonchev–Trinajstić information content (AvgIpc) is 2.38. The molecule has 0 fully saturated rings. The Bertz CT molecular complexity index is 604. The van der Waals surface area contributed by atoms with Gasteiger partial charge in [-0.2, -0.15) is 0 Å². The van der Waals surface area contributed by atoms with E-state index < -0.39 is 5.54 Å². The molecule has 19 heavy (non-hydrogen) atoms. The number of nitrogens with two attached hydrogens (primary N) is 1. The van der Waals surface area contributed by atoms with Crippen LogP contribution in [-0.2, 0) is 5.54 Å². The van der Waals surface area contributed by atoms with E-state index in [1.54, 1.807) is 18.5 Å². The van der Waals surface area contributed by atoms with Crippen molar-refractivity contribution in [2.45, 2.75) is 12.5 Å². The van der Waals surface area contributed by atoms with E-state index in [1.165, 1.54) is 7.11 Å². The molecule has 0 aliphatic rings. The van der Waals surface area contributed by atoms with Crippen LogP contribution in [0.4, 0.5) is 0 Å². The molecule has 0 aliphatic heterocycles. The third-order valence-electron chi connectivity index (χ3n) is 2.84. The Kier molecular flexibility index (Phi) is 4.08. The van der Waals surface area contributed by atoms with Crippen molar-refractivity contribution in [3.05, 3.63) is 51.3 Å². The molecule has 0 saturated carbocycles. The van der Waals surface area contributed by atoms with Crippen LogP contribution in [0.25, 0.3) is 0 Å². The third-order valence-corrected chi connectivity index (χ3v) is 3.65. The van der Waals surface area contributed by atoms with E-state index in [0.29, 0.717) is 16.6 Å². The van der Waals surface area contributed by atoms with Gasteiger partial charge in [0.1, 0.15) is 5.69 Å². The molecule has 0 radical (unpaired) electrons. The zero-order chi connectivity index (χ0) is 14.0. The van der Waals surface area contributed by atoms with Gasteiger partial charge in [0, 0.05) is 21.9 Å². The Hall–Kier alpha value is -1.17. The van der Waals surface area contributed by atoms with E-state index >= 15 is 0 Å². The minimum absolute atomic E-state index is 0.395. The van der Waals surface area contributed by atoms with E-state index in [9.17, 15) is 0 Å². The molecular weight excluding hydrogens is 330 g/mol. The highest BCUT2D eigenvalue weighted by atomic mass is 79.9. The number of aromatic nitrogens is 2. The molecule has 4 nitrogen and oxygen atoms in total. The van der Waals surface area contributed by atoms with Crippen molar-refractivity contribution in [1.82, 2.24) is 9.97 Å². The Labute approximate surface area is 125 Å². The first kappa shape index (κ1) is 14.2. The van der Waals surface area contributed by atoms with Crippen LogP contribution in [0.2, 0.25) is 5.02 Å². The first-order valence-electron chi connectivity index (χ1n) is 5.56. The smallest absolute Gasteiger partial charge is 0.237 e. The summed E-state index contributed by atoms with van der Waals surface area (Å²) in [6.45, 7) is 1.83. The second kappa shape index (κ2) is 5.45. The normalized spacial score (nSPS) is 13.9. The van der Waals surface area contributed by atoms with E-state index in [4.69, 9.17) is 22.1 Å². The molecule has 1 atom stereocenters. The van der Waals surface area contributed by atoms with Crippen molar-refractivity contribution in [1.29, 1.82) is 0 Å². The van der Waals surface area contributed by atoms with Crippen molar-refractivity contribution in [2.24, 2.45) is 5.73 Å². The van der Waals surface area contributed by atoms with Crippen molar-refractivity contribution < 1.29 is 4.74 Å². The number of rotatable bonds is 3. The molecule has 6 heteroatoms. The van der Waals surface area contributed by atoms with E-state index in [-0.39, 0.29) is 0 Å². The summed E-state index contributed by atoms with van der Waals surface area (Å²) in [5, 5.41) is 0.562. The Morgan fingerprint density at radius 3 is 2.63 bits per heavy atom. The quantitative estimate of drug-likeness (QED) is 0.931. The molecule has 100 valence electrons. The van der Waals surface area contributed by atoms with Gasteiger partial charge >= 0.3 is 0 Å². The number of hydrogen-bond donors (Lipinski definition) is 1. The molecule has 0 bridgehead atoms. The molecule has 1 unspecified atom stereocenters. The van der Waals surface area contributed by atoms with Gasteiger partial charge in [-0.1, -0.05) is 33.6 Å². The highest BCUT2D eigenvalue weighted by Gasteiger charge is 2.31. The molecule has 1 heterocycles. The van der Waals surface area contributed by atoms with Gasteiger partial charge in [0.25, 0.3) is 0 Å². The van der Waals surface area contributed by atoms with Gasteiger partial charge < -0.3 is 10.5 Å². The minimum Gasteiger partial charge on any atom is -0.480 e. The lowest BCUT2D eigenvalue weighted by Gasteiger charge is -2.26. The second-order valence-electron chi connectivity index (χ2n) is 4.24. The zero-order valence-electron chi connectivity index (χ0n) is 10.5. The van der Waals surface area contributed by atoms with Crippen LogP contribution in [0.3, 0.4) is 0 Å². The van der Waals surface area contributed by atoms with Crippen LogP contribution in [0.15, 0.2) is 35.1 Å². The first-order valence-corrected chi connectivity index (χ1v) is 6.73. The SMILES string of the molecule is COc1nccnc1C(C)(N)c1ccc(Br)cc1Cl. The largest absolute Gasteiger partial charge is 0.480 e. The Morgan fingerprint density at radius 2 is 2.00 bits per heavy atom. The van der Waals surface area contributed by atoms with Gasteiger partial charge in [-0.15, -0.1) is 0 Å². The van der Waals surface area contributed by atoms with E-state index in [2.05, 4.69) is 25.9 Å². The maximum absolute atomic E-state index is 6.40. The first-order chi connectivity index (χ1) is 8.96. The lowest BCUT2D eigenvalue weighted by Crippen LogP contribution is -2.36. The number of halogens is 2. The lowest BCUT2D eigenvalue weighted by atomic mass is 9.89. The molecular formula is C13H13BrClN3O. The van der Waals surface area contributed by atoms with Crippen molar-refractivity contribution in [3.63, 3.8) is 0 Å². The highest BCUT2D eigenvalue weighted by Crippen LogP contribution is 2.35. The van der Waals surface area contributed by atoms with Crippen molar-refractivity contribution in [3.8, 4) is 5.88 Å². The minimum atomic E-state index is -0.891. The predicted octanol–water partition coefficient (Wildman–Crippen LogP) is 3.12. The van der Waals surface area contributed by atoms with Gasteiger partial charge in [0.05, 0.1) is 12.6 Å². The number of ether oxygens (including phenoxy) is 1. The fourth-order valence-electron chi connectivity index (χ4n) is 1.87. The summed E-state index contributed by atoms with van der Waals surface area (Å²) in [5.74, 6) is 0.395. The molecule has 1 aromatic carbocycles. The van der Waals surface area contributed by atoms with Crippen LogP contribution in [0.1, 0.15) is 18.2 Å². The Balaban J connectivity index is 2.58. The average molecular weight is 343 g/mol. The molecule has 2 aromatic rings. The summed E-state index contributed by atoms with van der Waals surface area (Å²) >= 11 is 9.63. The number of benzene rings is 1. The van der Waals surface area contributed by atoms with Gasteiger partial charge in [0.15, 0.2) is 0 Å². The topological polar surface area (TPSA) is 61.0 Å². The molecule has 2 rings (SSSR count). The van der Waals surface area contributed by atoms with E-state index in [1.807, 2.05) is 19.1 Å². The van der Waals surface area contributed by atoms with Crippen LogP contribution >= 0.6 is 27.5 Å². The molecule has 0 aliphatic carbocycles. The molecule has 1 aromatic heterocycles. The standard InChI is InChI=1S/C13H13BrClN3O/c1-13(16,9-4-3-8(14)7-10(9)15)11-12(19-2)18-6-5-17-11/h3-7H,16H2,1-2H3. The molecule has 0 amide bonds.